The Hall–Kier alpha value is -0.640. The summed E-state index contributed by atoms with van der Waals surface area (Å²) in [6.45, 7) is 3.36. The third kappa shape index (κ3) is 3.17. The Bertz CT molecular complexity index is 326. The molecule has 0 spiro atoms. The summed E-state index contributed by atoms with van der Waals surface area (Å²) in [7, 11) is 0. The fraction of sp³-hybridized carbons (Fsp3) is 0.667. The lowest BCUT2D eigenvalue weighted by atomic mass is 9.80. The zero-order chi connectivity index (χ0) is 11.4. The normalized spacial score (nSPS) is 25.4. The second-order valence-electron chi connectivity index (χ2n) is 4.63. The van der Waals surface area contributed by atoms with Gasteiger partial charge in [-0.05, 0) is 34.2 Å². The zero-order valence-electron chi connectivity index (χ0n) is 9.62. The molecule has 16 heavy (non-hydrogen) atoms. The molecule has 1 heterocycles. The molecule has 3 nitrogen and oxygen atoms in total. The number of anilines is 1. The monoisotopic (exact) mass is 283 g/mol. The van der Waals surface area contributed by atoms with Crippen molar-refractivity contribution in [3.8, 4) is 0 Å². The van der Waals surface area contributed by atoms with Crippen LogP contribution in [-0.4, -0.2) is 16.5 Å². The molecule has 0 amide bonds. The molecule has 2 atom stereocenters. The minimum absolute atomic E-state index is 0.737. The van der Waals surface area contributed by atoms with Crippen molar-refractivity contribution in [2.75, 3.05) is 11.9 Å². The van der Waals surface area contributed by atoms with Gasteiger partial charge in [-0.3, -0.25) is 0 Å². The molecule has 1 N–H and O–H groups in total. The lowest BCUT2D eigenvalue weighted by Gasteiger charge is -2.28. The predicted molar refractivity (Wildman–Crippen MR) is 69.3 cm³/mol. The van der Waals surface area contributed by atoms with Gasteiger partial charge in [-0.1, -0.05) is 26.2 Å². The molecule has 0 saturated heterocycles. The van der Waals surface area contributed by atoms with E-state index in [1.807, 2.05) is 0 Å². The van der Waals surface area contributed by atoms with Crippen molar-refractivity contribution in [1.82, 2.24) is 9.97 Å². The molecular weight excluding hydrogens is 266 g/mol. The zero-order valence-corrected chi connectivity index (χ0v) is 11.2. The summed E-state index contributed by atoms with van der Waals surface area (Å²) >= 11 is 3.33. The van der Waals surface area contributed by atoms with Gasteiger partial charge in [0, 0.05) is 18.9 Å². The van der Waals surface area contributed by atoms with Crippen LogP contribution in [0.2, 0.25) is 0 Å². The summed E-state index contributed by atoms with van der Waals surface area (Å²) in [6, 6.07) is 0. The number of hydrogen-bond donors (Lipinski definition) is 1. The van der Waals surface area contributed by atoms with Crippen molar-refractivity contribution in [2.45, 2.75) is 32.6 Å². The first-order valence-corrected chi connectivity index (χ1v) is 6.76. The quantitative estimate of drug-likeness (QED) is 0.923. The lowest BCUT2D eigenvalue weighted by molar-refractivity contribution is 0.268. The van der Waals surface area contributed by atoms with Gasteiger partial charge < -0.3 is 5.32 Å². The Morgan fingerprint density at radius 2 is 2.00 bits per heavy atom. The fourth-order valence-corrected chi connectivity index (χ4v) is 2.53. The van der Waals surface area contributed by atoms with E-state index in [4.69, 9.17) is 0 Å². The topological polar surface area (TPSA) is 37.8 Å². The molecule has 0 aromatic carbocycles. The number of rotatable bonds is 3. The molecule has 1 aromatic heterocycles. The highest BCUT2D eigenvalue weighted by molar-refractivity contribution is 9.10. The van der Waals surface area contributed by atoms with E-state index in [1.54, 1.807) is 12.4 Å². The number of nitrogens with one attached hydrogen (secondary N) is 1. The van der Waals surface area contributed by atoms with Crippen LogP contribution in [-0.2, 0) is 0 Å². The first-order valence-electron chi connectivity index (χ1n) is 5.97. The van der Waals surface area contributed by atoms with Gasteiger partial charge in [0.05, 0.1) is 4.47 Å². The first kappa shape index (κ1) is 11.8. The van der Waals surface area contributed by atoms with E-state index in [-0.39, 0.29) is 0 Å². The van der Waals surface area contributed by atoms with Crippen molar-refractivity contribution in [3.63, 3.8) is 0 Å². The Balaban J connectivity index is 1.84. The molecule has 0 bridgehead atoms. The van der Waals surface area contributed by atoms with Gasteiger partial charge in [0.25, 0.3) is 0 Å². The van der Waals surface area contributed by atoms with E-state index >= 15 is 0 Å². The SMILES string of the molecule is CC1CCCCC1CNc1ncc(Br)cn1. The fourth-order valence-electron chi connectivity index (χ4n) is 2.32. The van der Waals surface area contributed by atoms with E-state index in [0.717, 1.165) is 28.8 Å². The molecule has 1 aliphatic rings. The van der Waals surface area contributed by atoms with Gasteiger partial charge in [0.15, 0.2) is 0 Å². The maximum atomic E-state index is 4.22. The Labute approximate surface area is 105 Å². The van der Waals surface area contributed by atoms with E-state index in [2.05, 4.69) is 38.1 Å². The van der Waals surface area contributed by atoms with Crippen molar-refractivity contribution < 1.29 is 0 Å². The summed E-state index contributed by atoms with van der Waals surface area (Å²) in [5.41, 5.74) is 0. The summed E-state index contributed by atoms with van der Waals surface area (Å²) in [6.07, 6.45) is 9.03. The van der Waals surface area contributed by atoms with Crippen LogP contribution in [0, 0.1) is 11.8 Å². The number of nitrogens with zero attached hydrogens (tertiary/aromatic N) is 2. The van der Waals surface area contributed by atoms with E-state index in [0.29, 0.717) is 0 Å². The van der Waals surface area contributed by atoms with Gasteiger partial charge in [0.2, 0.25) is 5.95 Å². The molecule has 1 fully saturated rings. The Morgan fingerprint density at radius 3 is 2.69 bits per heavy atom. The van der Waals surface area contributed by atoms with E-state index < -0.39 is 0 Å². The highest BCUT2D eigenvalue weighted by Crippen LogP contribution is 2.29. The van der Waals surface area contributed by atoms with Crippen LogP contribution in [0.25, 0.3) is 0 Å². The summed E-state index contributed by atoms with van der Waals surface area (Å²) in [5.74, 6) is 2.35. The molecule has 1 aliphatic carbocycles. The molecule has 1 saturated carbocycles. The van der Waals surface area contributed by atoms with Gasteiger partial charge >= 0.3 is 0 Å². The molecule has 4 heteroatoms. The molecule has 1 aromatic rings. The van der Waals surface area contributed by atoms with Gasteiger partial charge in [-0.15, -0.1) is 0 Å². The van der Waals surface area contributed by atoms with Gasteiger partial charge in [-0.25, -0.2) is 9.97 Å². The van der Waals surface area contributed by atoms with Crippen LogP contribution in [0.1, 0.15) is 32.6 Å². The minimum Gasteiger partial charge on any atom is -0.354 e. The van der Waals surface area contributed by atoms with Gasteiger partial charge in [-0.2, -0.15) is 0 Å². The van der Waals surface area contributed by atoms with Crippen molar-refractivity contribution in [3.05, 3.63) is 16.9 Å². The highest BCUT2D eigenvalue weighted by Gasteiger charge is 2.20. The minimum atomic E-state index is 0.737. The number of hydrogen-bond acceptors (Lipinski definition) is 3. The van der Waals surface area contributed by atoms with Crippen molar-refractivity contribution in [2.24, 2.45) is 11.8 Å². The van der Waals surface area contributed by atoms with Crippen molar-refractivity contribution >= 4 is 21.9 Å². The highest BCUT2D eigenvalue weighted by atomic mass is 79.9. The van der Waals surface area contributed by atoms with Crippen LogP contribution in [0.4, 0.5) is 5.95 Å². The molecule has 88 valence electrons. The van der Waals surface area contributed by atoms with Crippen LogP contribution in [0.3, 0.4) is 0 Å². The average Bonchev–Trinajstić information content (AvgIpc) is 2.30. The van der Waals surface area contributed by atoms with Crippen molar-refractivity contribution in [1.29, 1.82) is 0 Å². The Morgan fingerprint density at radius 1 is 1.31 bits per heavy atom. The van der Waals surface area contributed by atoms with Crippen LogP contribution < -0.4 is 5.32 Å². The first-order chi connectivity index (χ1) is 7.75. The smallest absolute Gasteiger partial charge is 0.222 e. The molecule has 2 rings (SSSR count). The lowest BCUT2D eigenvalue weighted by Crippen LogP contribution is -2.24. The van der Waals surface area contributed by atoms with Crippen LogP contribution in [0.15, 0.2) is 16.9 Å². The standard InChI is InChI=1S/C12H18BrN3/c1-9-4-2-3-5-10(9)6-14-12-15-7-11(13)8-16-12/h7-10H,2-6H2,1H3,(H,14,15,16). The maximum Gasteiger partial charge on any atom is 0.222 e. The van der Waals surface area contributed by atoms with Crippen LogP contribution >= 0.6 is 15.9 Å². The summed E-state index contributed by atoms with van der Waals surface area (Å²) in [4.78, 5) is 8.44. The molecule has 2 unspecified atom stereocenters. The average molecular weight is 284 g/mol. The molecular formula is C12H18BrN3. The predicted octanol–water partition coefficient (Wildman–Crippen LogP) is 3.48. The molecule has 0 aliphatic heterocycles. The molecule has 0 radical (unpaired) electrons. The Kier molecular flexibility index (Phi) is 4.16. The largest absolute Gasteiger partial charge is 0.354 e. The van der Waals surface area contributed by atoms with Gasteiger partial charge in [0.1, 0.15) is 0 Å². The van der Waals surface area contributed by atoms with E-state index in [9.17, 15) is 0 Å². The summed E-state index contributed by atoms with van der Waals surface area (Å²) < 4.78 is 0.920. The second-order valence-corrected chi connectivity index (χ2v) is 5.54. The third-order valence-electron chi connectivity index (χ3n) is 3.43. The van der Waals surface area contributed by atoms with E-state index in [1.165, 1.54) is 25.7 Å². The third-order valence-corrected chi connectivity index (χ3v) is 3.84. The number of aromatic nitrogens is 2. The second kappa shape index (κ2) is 5.62. The van der Waals surface area contributed by atoms with Crippen LogP contribution in [0.5, 0.6) is 0 Å². The number of halogens is 1. The maximum absolute atomic E-state index is 4.22. The summed E-state index contributed by atoms with van der Waals surface area (Å²) in [5, 5.41) is 3.33.